The zero-order valence-electron chi connectivity index (χ0n) is 20.0. The van der Waals surface area contributed by atoms with Crippen molar-refractivity contribution in [2.45, 2.75) is 37.8 Å². The number of sulfonamides is 1. The second-order valence-corrected chi connectivity index (χ2v) is 12.6. The summed E-state index contributed by atoms with van der Waals surface area (Å²) in [7, 11) is -3.73. The maximum Gasteiger partial charge on any atom is 0.308 e. The minimum Gasteiger partial charge on any atom is -0.371 e. The molecule has 0 spiro atoms. The molecule has 2 heterocycles. The fourth-order valence-corrected chi connectivity index (χ4v) is 6.82. The number of rotatable bonds is 7. The molecule has 5 rings (SSSR count). The van der Waals surface area contributed by atoms with Crippen LogP contribution in [0.15, 0.2) is 76.4 Å². The average Bonchev–Trinajstić information content (AvgIpc) is 3.18. The minimum atomic E-state index is -3.73. The Labute approximate surface area is 220 Å². The molecule has 9 heteroatoms. The molecule has 188 valence electrons. The highest BCUT2D eigenvalue weighted by Crippen LogP contribution is 2.25. The van der Waals surface area contributed by atoms with Gasteiger partial charge in [-0.25, -0.2) is 13.1 Å². The first-order chi connectivity index (χ1) is 17.3. The van der Waals surface area contributed by atoms with Gasteiger partial charge in [0.2, 0.25) is 10.0 Å². The molecule has 1 aliphatic rings. The number of piperidine rings is 1. The Morgan fingerprint density at radius 3 is 2.47 bits per heavy atom. The summed E-state index contributed by atoms with van der Waals surface area (Å²) in [6, 6.07) is 20.2. The van der Waals surface area contributed by atoms with Gasteiger partial charge in [0.25, 0.3) is 0 Å². The maximum atomic E-state index is 13.0. The molecule has 4 aromatic rings. The fourth-order valence-electron chi connectivity index (χ4n) is 4.65. The van der Waals surface area contributed by atoms with Gasteiger partial charge in [-0.3, -0.25) is 9.36 Å². The van der Waals surface area contributed by atoms with Crippen LogP contribution in [0, 0.1) is 5.92 Å². The normalized spacial score (nSPS) is 16.5. The van der Waals surface area contributed by atoms with Crippen LogP contribution < -0.4 is 14.5 Å². The standard InChI is InChI=1S/C27H28ClN3O3S2/c1-19-3-2-14-30(17-19)23-10-6-20(7-11-23)16-29-36(33,34)24-12-13-25-26(15-24)35-27(32)31(25)18-21-4-8-22(28)9-5-21/h4-13,15,19,29H,2-3,14,16-18H2,1H3/t19-/m0/s1. The van der Waals surface area contributed by atoms with E-state index in [-0.39, 0.29) is 16.3 Å². The number of thiazole rings is 1. The van der Waals surface area contributed by atoms with E-state index in [1.165, 1.54) is 18.5 Å². The van der Waals surface area contributed by atoms with Crippen molar-refractivity contribution in [1.29, 1.82) is 0 Å². The third-order valence-electron chi connectivity index (χ3n) is 6.63. The third kappa shape index (κ3) is 5.52. The zero-order valence-corrected chi connectivity index (χ0v) is 22.4. The lowest BCUT2D eigenvalue weighted by Gasteiger charge is -2.32. The smallest absolute Gasteiger partial charge is 0.308 e. The minimum absolute atomic E-state index is 0.134. The molecular formula is C27H28ClN3O3S2. The molecule has 1 N–H and O–H groups in total. The zero-order chi connectivity index (χ0) is 25.3. The van der Waals surface area contributed by atoms with Crippen molar-refractivity contribution >= 4 is 48.9 Å². The Balaban J connectivity index is 1.29. The summed E-state index contributed by atoms with van der Waals surface area (Å²) in [5.74, 6) is 0.690. The van der Waals surface area contributed by atoms with Crippen molar-refractivity contribution in [3.05, 3.63) is 92.5 Å². The Kier molecular flexibility index (Phi) is 7.21. The number of aromatic nitrogens is 1. The SMILES string of the molecule is C[C@H]1CCCN(c2ccc(CNS(=O)(=O)c3ccc4c(c3)sc(=O)n4Cc3ccc(Cl)cc3)cc2)C1. The number of benzene rings is 3. The van der Waals surface area contributed by atoms with E-state index in [1.807, 2.05) is 24.3 Å². The van der Waals surface area contributed by atoms with Gasteiger partial charge in [0, 0.05) is 30.3 Å². The fraction of sp³-hybridized carbons (Fsp3) is 0.296. The van der Waals surface area contributed by atoms with E-state index < -0.39 is 10.0 Å². The third-order valence-corrected chi connectivity index (χ3v) is 9.22. The molecule has 1 aliphatic heterocycles. The highest BCUT2D eigenvalue weighted by atomic mass is 35.5. The number of fused-ring (bicyclic) bond motifs is 1. The van der Waals surface area contributed by atoms with Gasteiger partial charge >= 0.3 is 4.87 Å². The Morgan fingerprint density at radius 2 is 1.75 bits per heavy atom. The second kappa shape index (κ2) is 10.4. The number of nitrogens with one attached hydrogen (secondary N) is 1. The summed E-state index contributed by atoms with van der Waals surface area (Å²) in [6.07, 6.45) is 2.47. The number of halogens is 1. The van der Waals surface area contributed by atoms with Crippen LogP contribution >= 0.6 is 22.9 Å². The van der Waals surface area contributed by atoms with Crippen LogP contribution in [0.2, 0.25) is 5.02 Å². The van der Waals surface area contributed by atoms with Crippen molar-refractivity contribution < 1.29 is 8.42 Å². The number of hydrogen-bond acceptors (Lipinski definition) is 5. The van der Waals surface area contributed by atoms with E-state index >= 15 is 0 Å². The highest BCUT2D eigenvalue weighted by Gasteiger charge is 2.18. The van der Waals surface area contributed by atoms with Gasteiger partial charge in [0.15, 0.2) is 0 Å². The van der Waals surface area contributed by atoms with Crippen molar-refractivity contribution in [2.75, 3.05) is 18.0 Å². The van der Waals surface area contributed by atoms with Gasteiger partial charge in [0.1, 0.15) is 0 Å². The van der Waals surface area contributed by atoms with E-state index in [0.29, 0.717) is 27.7 Å². The summed E-state index contributed by atoms with van der Waals surface area (Å²) in [6.45, 7) is 4.99. The molecule has 6 nitrogen and oxygen atoms in total. The van der Waals surface area contributed by atoms with Crippen molar-refractivity contribution in [3.8, 4) is 0 Å². The van der Waals surface area contributed by atoms with Crippen LogP contribution in [0.4, 0.5) is 5.69 Å². The number of hydrogen-bond donors (Lipinski definition) is 1. The Hall–Kier alpha value is -2.65. The first kappa shape index (κ1) is 25.0. The molecule has 1 atom stereocenters. The molecule has 0 aliphatic carbocycles. The molecule has 3 aromatic carbocycles. The predicted molar refractivity (Wildman–Crippen MR) is 148 cm³/mol. The van der Waals surface area contributed by atoms with Gasteiger partial charge in [-0.1, -0.05) is 54.1 Å². The van der Waals surface area contributed by atoms with Crippen molar-refractivity contribution in [2.24, 2.45) is 5.92 Å². The average molecular weight is 542 g/mol. The summed E-state index contributed by atoms with van der Waals surface area (Å²) >= 11 is 7.00. The summed E-state index contributed by atoms with van der Waals surface area (Å²) in [5, 5.41) is 0.635. The van der Waals surface area contributed by atoms with Gasteiger partial charge in [0.05, 0.1) is 21.7 Å². The molecule has 1 fully saturated rings. The van der Waals surface area contributed by atoms with Crippen LogP contribution in [0.5, 0.6) is 0 Å². The number of nitrogens with zero attached hydrogens (tertiary/aromatic N) is 2. The largest absolute Gasteiger partial charge is 0.371 e. The van der Waals surface area contributed by atoms with Crippen LogP contribution in [0.3, 0.4) is 0 Å². The van der Waals surface area contributed by atoms with E-state index in [9.17, 15) is 13.2 Å². The van der Waals surface area contributed by atoms with Gasteiger partial charge < -0.3 is 4.90 Å². The summed E-state index contributed by atoms with van der Waals surface area (Å²) < 4.78 is 31.0. The lowest BCUT2D eigenvalue weighted by atomic mass is 9.99. The van der Waals surface area contributed by atoms with Crippen LogP contribution in [0.25, 0.3) is 10.2 Å². The van der Waals surface area contributed by atoms with Gasteiger partial charge in [-0.05, 0) is 72.4 Å². The van der Waals surface area contributed by atoms with E-state index in [0.717, 1.165) is 35.6 Å². The van der Waals surface area contributed by atoms with E-state index in [4.69, 9.17) is 11.6 Å². The van der Waals surface area contributed by atoms with Crippen LogP contribution in [0.1, 0.15) is 30.9 Å². The molecule has 0 bridgehead atoms. The molecule has 36 heavy (non-hydrogen) atoms. The first-order valence-corrected chi connectivity index (χ1v) is 14.7. The first-order valence-electron chi connectivity index (χ1n) is 12.0. The van der Waals surface area contributed by atoms with Crippen molar-refractivity contribution in [1.82, 2.24) is 9.29 Å². The quantitative estimate of drug-likeness (QED) is 0.336. The van der Waals surface area contributed by atoms with E-state index in [1.54, 1.807) is 34.9 Å². The van der Waals surface area contributed by atoms with Gasteiger partial charge in [-0.2, -0.15) is 0 Å². The summed E-state index contributed by atoms with van der Waals surface area (Å²) in [4.78, 5) is 15.0. The number of anilines is 1. The topological polar surface area (TPSA) is 71.4 Å². The van der Waals surface area contributed by atoms with Crippen LogP contribution in [-0.4, -0.2) is 26.1 Å². The second-order valence-electron chi connectivity index (χ2n) is 9.39. The predicted octanol–water partition coefficient (Wildman–Crippen LogP) is 5.48. The van der Waals surface area contributed by atoms with Gasteiger partial charge in [-0.15, -0.1) is 0 Å². The molecule has 0 radical (unpaired) electrons. The van der Waals surface area contributed by atoms with Crippen molar-refractivity contribution in [3.63, 3.8) is 0 Å². The Bertz CT molecular complexity index is 1530. The molecular weight excluding hydrogens is 514 g/mol. The monoisotopic (exact) mass is 541 g/mol. The highest BCUT2D eigenvalue weighted by molar-refractivity contribution is 7.89. The molecule has 0 amide bonds. The maximum absolute atomic E-state index is 13.0. The lowest BCUT2D eigenvalue weighted by molar-refractivity contribution is 0.447. The van der Waals surface area contributed by atoms with Crippen LogP contribution in [-0.2, 0) is 23.1 Å². The van der Waals surface area contributed by atoms with E-state index in [2.05, 4.69) is 28.7 Å². The molecule has 1 aromatic heterocycles. The molecule has 1 saturated heterocycles. The Morgan fingerprint density at radius 1 is 1.03 bits per heavy atom. The molecule has 0 saturated carbocycles. The lowest BCUT2D eigenvalue weighted by Crippen LogP contribution is -2.34. The molecule has 0 unspecified atom stereocenters. The summed E-state index contributed by atoms with van der Waals surface area (Å²) in [5.41, 5.74) is 3.73.